The minimum absolute atomic E-state index is 0.233. The molecule has 0 heterocycles. The first-order valence-corrected chi connectivity index (χ1v) is 8.10. The Morgan fingerprint density at radius 3 is 2.38 bits per heavy atom. The van der Waals surface area contributed by atoms with Crippen LogP contribution in [-0.2, 0) is 0 Å². The van der Waals surface area contributed by atoms with Crippen molar-refractivity contribution in [2.75, 3.05) is 0 Å². The fourth-order valence-electron chi connectivity index (χ4n) is 2.46. The lowest BCUT2D eigenvalue weighted by Gasteiger charge is -2.15. The van der Waals surface area contributed by atoms with Crippen molar-refractivity contribution in [2.45, 2.75) is 51.9 Å². The minimum atomic E-state index is -1.01. The molecule has 0 bridgehead atoms. The lowest BCUT2D eigenvalue weighted by Crippen LogP contribution is -2.07. The first-order chi connectivity index (χ1) is 11.3. The summed E-state index contributed by atoms with van der Waals surface area (Å²) in [6.07, 6.45) is 4.69. The molecule has 132 valence electrons. The van der Waals surface area contributed by atoms with Gasteiger partial charge in [0.05, 0.1) is 15.9 Å². The van der Waals surface area contributed by atoms with Gasteiger partial charge in [0.15, 0.2) is 0 Å². The zero-order valence-electron chi connectivity index (χ0n) is 13.6. The summed E-state index contributed by atoms with van der Waals surface area (Å²) in [5, 5.41) is 21.3. The van der Waals surface area contributed by atoms with Crippen LogP contribution in [0, 0.1) is 20.2 Å². The van der Waals surface area contributed by atoms with Crippen molar-refractivity contribution in [3.8, 4) is 5.75 Å². The quantitative estimate of drug-likeness (QED) is 0.219. The molecule has 0 N–H and O–H groups in total. The van der Waals surface area contributed by atoms with Crippen LogP contribution in [0.5, 0.6) is 5.75 Å². The molecule has 1 aromatic rings. The number of benzene rings is 1. The van der Waals surface area contributed by atoms with Crippen LogP contribution >= 0.6 is 12.6 Å². The highest BCUT2D eigenvalue weighted by molar-refractivity contribution is 7.96. The summed E-state index contributed by atoms with van der Waals surface area (Å²) >= 11 is 3.49. The third-order valence-corrected chi connectivity index (χ3v) is 3.79. The van der Waals surface area contributed by atoms with Crippen LogP contribution < -0.4 is 4.74 Å². The van der Waals surface area contributed by atoms with Crippen LogP contribution in [0.1, 0.15) is 57.4 Å². The predicted molar refractivity (Wildman–Crippen MR) is 91.9 cm³/mol. The summed E-state index contributed by atoms with van der Waals surface area (Å²) in [6.45, 7) is 3.88. The van der Waals surface area contributed by atoms with Gasteiger partial charge < -0.3 is 4.74 Å². The zero-order valence-corrected chi connectivity index (χ0v) is 14.5. The van der Waals surface area contributed by atoms with E-state index in [0.29, 0.717) is 6.42 Å². The molecule has 0 saturated carbocycles. The number of non-ortho nitro benzene ring substituents is 1. The Labute approximate surface area is 144 Å². The number of nitro groups is 2. The summed E-state index contributed by atoms with van der Waals surface area (Å²) in [5.74, 6) is -0.503. The van der Waals surface area contributed by atoms with E-state index < -0.39 is 26.5 Å². The second kappa shape index (κ2) is 9.21. The summed E-state index contributed by atoms with van der Waals surface area (Å²) < 4.78 is 4.88. The SMILES string of the molecule is CCCCCCC(C)c1cc([N+](=O)[O-])cc([N+](=O)[O-])c1OC(=O)S. The van der Waals surface area contributed by atoms with Gasteiger partial charge >= 0.3 is 11.0 Å². The average Bonchev–Trinajstić information content (AvgIpc) is 2.50. The maximum Gasteiger partial charge on any atom is 0.369 e. The molecule has 0 aliphatic carbocycles. The molecule has 8 nitrogen and oxygen atoms in total. The van der Waals surface area contributed by atoms with Gasteiger partial charge in [-0.05, 0) is 12.3 Å². The van der Waals surface area contributed by atoms with Gasteiger partial charge in [0.1, 0.15) is 0 Å². The molecule has 0 radical (unpaired) electrons. The summed E-state index contributed by atoms with van der Waals surface area (Å²) in [7, 11) is 0. The van der Waals surface area contributed by atoms with Crippen molar-refractivity contribution in [1.82, 2.24) is 0 Å². The van der Waals surface area contributed by atoms with E-state index in [4.69, 9.17) is 4.74 Å². The predicted octanol–water partition coefficient (Wildman–Crippen LogP) is 5.01. The molecule has 1 aromatic carbocycles. The molecule has 0 saturated heterocycles. The van der Waals surface area contributed by atoms with Crippen molar-refractivity contribution in [1.29, 1.82) is 0 Å². The van der Waals surface area contributed by atoms with Gasteiger partial charge in [-0.2, -0.15) is 0 Å². The van der Waals surface area contributed by atoms with Crippen LogP contribution in [0.4, 0.5) is 16.2 Å². The van der Waals surface area contributed by atoms with Gasteiger partial charge in [0.2, 0.25) is 5.75 Å². The average molecular weight is 356 g/mol. The van der Waals surface area contributed by atoms with Gasteiger partial charge in [0.25, 0.3) is 5.69 Å². The Balaban J connectivity index is 3.28. The molecule has 0 spiro atoms. The van der Waals surface area contributed by atoms with Gasteiger partial charge in [-0.25, -0.2) is 4.79 Å². The molecule has 0 aliphatic rings. The number of rotatable bonds is 9. The molecular formula is C15H20N2O6S. The smallest absolute Gasteiger partial charge is 0.369 e. The van der Waals surface area contributed by atoms with Gasteiger partial charge in [-0.1, -0.05) is 52.2 Å². The summed E-state index contributed by atoms with van der Waals surface area (Å²) in [5.41, 5.74) is -0.743. The van der Waals surface area contributed by atoms with Gasteiger partial charge in [-0.15, -0.1) is 0 Å². The van der Waals surface area contributed by atoms with Crippen LogP contribution in [-0.4, -0.2) is 15.1 Å². The van der Waals surface area contributed by atoms with E-state index in [1.165, 1.54) is 6.07 Å². The third-order valence-electron chi connectivity index (χ3n) is 3.70. The van der Waals surface area contributed by atoms with E-state index in [-0.39, 0.29) is 17.2 Å². The molecule has 9 heteroatoms. The maximum atomic E-state index is 11.2. The van der Waals surface area contributed by atoms with E-state index in [1.807, 2.05) is 0 Å². The molecule has 1 rings (SSSR count). The fourth-order valence-corrected chi connectivity index (χ4v) is 2.55. The van der Waals surface area contributed by atoms with Crippen LogP contribution in [0.3, 0.4) is 0 Å². The van der Waals surface area contributed by atoms with Gasteiger partial charge in [-0.3, -0.25) is 20.2 Å². The highest BCUT2D eigenvalue weighted by Crippen LogP contribution is 2.41. The van der Waals surface area contributed by atoms with Crippen LogP contribution in [0.25, 0.3) is 0 Å². The summed E-state index contributed by atoms with van der Waals surface area (Å²) in [6, 6.07) is 2.02. The zero-order chi connectivity index (χ0) is 18.3. The van der Waals surface area contributed by atoms with E-state index in [9.17, 15) is 25.0 Å². The van der Waals surface area contributed by atoms with Crippen molar-refractivity contribution in [2.24, 2.45) is 0 Å². The number of unbranched alkanes of at least 4 members (excludes halogenated alkanes) is 3. The van der Waals surface area contributed by atoms with Crippen molar-refractivity contribution < 1.29 is 19.4 Å². The molecule has 0 aromatic heterocycles. The molecule has 0 amide bonds. The highest BCUT2D eigenvalue weighted by atomic mass is 32.1. The Bertz CT molecular complexity index is 635. The summed E-state index contributed by atoms with van der Waals surface area (Å²) in [4.78, 5) is 31.9. The monoisotopic (exact) mass is 356 g/mol. The molecule has 0 aliphatic heterocycles. The Morgan fingerprint density at radius 2 is 1.88 bits per heavy atom. The lowest BCUT2D eigenvalue weighted by molar-refractivity contribution is -0.394. The number of carbonyl (C=O) groups is 1. The van der Waals surface area contributed by atoms with Crippen molar-refractivity contribution in [3.05, 3.63) is 37.9 Å². The number of nitrogens with zero attached hydrogens (tertiary/aromatic N) is 2. The molecule has 1 atom stereocenters. The second-order valence-corrected chi connectivity index (χ2v) is 5.88. The first kappa shape index (κ1) is 19.9. The topological polar surface area (TPSA) is 113 Å². The number of hydrogen-bond donors (Lipinski definition) is 1. The number of carbonyl (C=O) groups excluding carboxylic acids is 1. The number of hydrogen-bond acceptors (Lipinski definition) is 6. The molecule has 24 heavy (non-hydrogen) atoms. The molecule has 1 unspecified atom stereocenters. The molecular weight excluding hydrogens is 336 g/mol. The fraction of sp³-hybridized carbons (Fsp3) is 0.533. The van der Waals surface area contributed by atoms with Crippen molar-refractivity contribution >= 4 is 29.3 Å². The Hall–Kier alpha value is -2.16. The largest absolute Gasteiger partial charge is 0.411 e. The van der Waals surface area contributed by atoms with Gasteiger partial charge in [0, 0.05) is 11.6 Å². The van der Waals surface area contributed by atoms with E-state index in [1.54, 1.807) is 6.92 Å². The third kappa shape index (κ3) is 5.48. The highest BCUT2D eigenvalue weighted by Gasteiger charge is 2.29. The van der Waals surface area contributed by atoms with E-state index in [0.717, 1.165) is 31.7 Å². The standard InChI is InChI=1S/C15H20N2O6S/c1-3-4-5-6-7-10(2)12-8-11(16(19)20)9-13(17(21)22)14(12)23-15(18)24/h8-10H,3-7H2,1-2H3,(H,18,24). The van der Waals surface area contributed by atoms with Crippen LogP contribution in [0.2, 0.25) is 0 Å². The second-order valence-electron chi connectivity index (χ2n) is 5.52. The maximum absolute atomic E-state index is 11.2. The van der Waals surface area contributed by atoms with E-state index in [2.05, 4.69) is 19.6 Å². The van der Waals surface area contributed by atoms with E-state index >= 15 is 0 Å². The first-order valence-electron chi connectivity index (χ1n) is 7.65. The number of nitro benzene ring substituents is 2. The Kier molecular flexibility index (Phi) is 7.63. The van der Waals surface area contributed by atoms with Crippen molar-refractivity contribution in [3.63, 3.8) is 0 Å². The molecule has 0 fully saturated rings. The Morgan fingerprint density at radius 1 is 1.21 bits per heavy atom. The normalized spacial score (nSPS) is 11.8. The number of thiol groups is 1. The minimum Gasteiger partial charge on any atom is -0.411 e. The van der Waals surface area contributed by atoms with Crippen LogP contribution in [0.15, 0.2) is 12.1 Å². The number of ether oxygens (including phenoxy) is 1. The lowest BCUT2D eigenvalue weighted by atomic mass is 9.93.